The molecular formula is C23H30BrClN2O2. The molecule has 3 rings (SSSR count). The average molecular weight is 482 g/mol. The number of carbonyl (C=O) groups excluding carboxylic acids is 1. The third-order valence-corrected chi connectivity index (χ3v) is 5.75. The van der Waals surface area contributed by atoms with Gasteiger partial charge in [0.15, 0.2) is 6.61 Å². The van der Waals surface area contributed by atoms with Crippen molar-refractivity contribution in [1.29, 1.82) is 0 Å². The molecule has 158 valence electrons. The Hall–Kier alpha value is -1.56. The first kappa shape index (κ1) is 23.7. The summed E-state index contributed by atoms with van der Waals surface area (Å²) >= 11 is 3.40. The van der Waals surface area contributed by atoms with Crippen molar-refractivity contribution in [1.82, 2.24) is 10.2 Å². The van der Waals surface area contributed by atoms with Crippen LogP contribution in [0, 0.1) is 6.92 Å². The van der Waals surface area contributed by atoms with Crippen LogP contribution in [0.5, 0.6) is 5.75 Å². The Morgan fingerprint density at radius 3 is 2.28 bits per heavy atom. The Balaban J connectivity index is 0.00000300. The molecule has 0 radical (unpaired) electrons. The normalized spacial score (nSPS) is 15.7. The fourth-order valence-corrected chi connectivity index (χ4v) is 3.86. The fourth-order valence-electron chi connectivity index (χ4n) is 3.59. The summed E-state index contributed by atoms with van der Waals surface area (Å²) in [4.78, 5) is 14.9. The Morgan fingerprint density at radius 1 is 1.03 bits per heavy atom. The molecule has 1 fully saturated rings. The summed E-state index contributed by atoms with van der Waals surface area (Å²) in [6.45, 7) is 4.91. The van der Waals surface area contributed by atoms with E-state index in [2.05, 4.69) is 57.3 Å². The second-order valence-electron chi connectivity index (χ2n) is 7.42. The monoisotopic (exact) mass is 480 g/mol. The van der Waals surface area contributed by atoms with E-state index in [0.29, 0.717) is 12.3 Å². The highest BCUT2D eigenvalue weighted by atomic mass is 79.9. The van der Waals surface area contributed by atoms with Crippen LogP contribution in [-0.4, -0.2) is 37.0 Å². The van der Waals surface area contributed by atoms with Gasteiger partial charge in [-0.25, -0.2) is 0 Å². The van der Waals surface area contributed by atoms with Gasteiger partial charge in [0.05, 0.1) is 6.04 Å². The van der Waals surface area contributed by atoms with Crippen LogP contribution in [0.2, 0.25) is 0 Å². The van der Waals surface area contributed by atoms with Crippen LogP contribution in [0.1, 0.15) is 42.9 Å². The van der Waals surface area contributed by atoms with Gasteiger partial charge in [-0.2, -0.15) is 0 Å². The minimum atomic E-state index is -0.0881. The number of amides is 1. The number of nitrogens with one attached hydrogen (secondary N) is 1. The highest BCUT2D eigenvalue weighted by Crippen LogP contribution is 2.24. The standard InChI is InChI=1S/C23H29BrN2O2.ClH/c1-18-6-8-19(9-7-18)22(26-14-4-2-3-5-15-26)16-25-23(27)17-28-21-12-10-20(24)11-13-21;/h6-13,22H,2-5,14-17H2,1H3,(H,25,27);1H. The van der Waals surface area contributed by atoms with E-state index in [1.807, 2.05) is 24.3 Å². The van der Waals surface area contributed by atoms with Gasteiger partial charge in [-0.05, 0) is 62.7 Å². The van der Waals surface area contributed by atoms with E-state index >= 15 is 0 Å². The van der Waals surface area contributed by atoms with Crippen LogP contribution in [0.3, 0.4) is 0 Å². The van der Waals surface area contributed by atoms with Crippen molar-refractivity contribution < 1.29 is 9.53 Å². The van der Waals surface area contributed by atoms with Crippen LogP contribution in [0.15, 0.2) is 53.0 Å². The van der Waals surface area contributed by atoms with Crippen molar-refractivity contribution in [2.24, 2.45) is 0 Å². The zero-order chi connectivity index (χ0) is 19.8. The molecule has 1 aliphatic rings. The summed E-state index contributed by atoms with van der Waals surface area (Å²) in [7, 11) is 0. The van der Waals surface area contributed by atoms with Crippen LogP contribution >= 0.6 is 28.3 Å². The maximum absolute atomic E-state index is 12.4. The summed E-state index contributed by atoms with van der Waals surface area (Å²) in [5, 5.41) is 3.08. The number of aryl methyl sites for hydroxylation is 1. The number of nitrogens with zero attached hydrogens (tertiary/aromatic N) is 1. The van der Waals surface area contributed by atoms with E-state index in [1.165, 1.54) is 36.8 Å². The first-order valence-corrected chi connectivity index (χ1v) is 10.9. The van der Waals surface area contributed by atoms with Crippen molar-refractivity contribution in [3.8, 4) is 5.75 Å². The molecule has 1 saturated heterocycles. The topological polar surface area (TPSA) is 41.6 Å². The van der Waals surface area contributed by atoms with Crippen molar-refractivity contribution in [2.75, 3.05) is 26.2 Å². The molecule has 0 aromatic heterocycles. The molecule has 1 aliphatic heterocycles. The van der Waals surface area contributed by atoms with Gasteiger partial charge in [-0.1, -0.05) is 58.6 Å². The third kappa shape index (κ3) is 7.65. The van der Waals surface area contributed by atoms with Crippen LogP contribution < -0.4 is 10.1 Å². The first-order valence-electron chi connectivity index (χ1n) is 10.1. The van der Waals surface area contributed by atoms with Crippen LogP contribution in [0.25, 0.3) is 0 Å². The molecule has 6 heteroatoms. The maximum atomic E-state index is 12.4. The van der Waals surface area contributed by atoms with Crippen molar-refractivity contribution in [3.63, 3.8) is 0 Å². The summed E-state index contributed by atoms with van der Waals surface area (Å²) < 4.78 is 6.58. The van der Waals surface area contributed by atoms with E-state index in [0.717, 1.165) is 17.6 Å². The summed E-state index contributed by atoms with van der Waals surface area (Å²) in [6, 6.07) is 16.4. The number of carbonyl (C=O) groups is 1. The lowest BCUT2D eigenvalue weighted by molar-refractivity contribution is -0.123. The Labute approximate surface area is 188 Å². The molecule has 0 bridgehead atoms. The molecule has 1 heterocycles. The number of likely N-dealkylation sites (tertiary alicyclic amines) is 1. The molecule has 0 spiro atoms. The molecule has 1 amide bonds. The number of hydrogen-bond acceptors (Lipinski definition) is 3. The van der Waals surface area contributed by atoms with E-state index in [1.54, 1.807) is 0 Å². The number of rotatable bonds is 7. The molecule has 2 aromatic rings. The molecule has 1 N–H and O–H groups in total. The number of hydrogen-bond donors (Lipinski definition) is 1. The Bertz CT molecular complexity index is 744. The molecule has 29 heavy (non-hydrogen) atoms. The lowest BCUT2D eigenvalue weighted by atomic mass is 10.0. The Kier molecular flexibility index (Phi) is 9.98. The number of ether oxygens (including phenoxy) is 1. The Morgan fingerprint density at radius 2 is 1.66 bits per heavy atom. The molecule has 0 saturated carbocycles. The summed E-state index contributed by atoms with van der Waals surface area (Å²) in [6.07, 6.45) is 5.04. The van der Waals surface area contributed by atoms with Gasteiger partial charge in [-0.15, -0.1) is 12.4 Å². The smallest absolute Gasteiger partial charge is 0.258 e. The second kappa shape index (κ2) is 12.2. The number of benzene rings is 2. The van der Waals surface area contributed by atoms with Crippen molar-refractivity contribution >= 4 is 34.2 Å². The lowest BCUT2D eigenvalue weighted by Gasteiger charge is -2.31. The van der Waals surface area contributed by atoms with E-state index in [4.69, 9.17) is 4.74 Å². The molecule has 1 unspecified atom stereocenters. The fraction of sp³-hybridized carbons (Fsp3) is 0.435. The third-order valence-electron chi connectivity index (χ3n) is 5.22. The predicted octanol–water partition coefficient (Wildman–Crippen LogP) is 5.29. The quantitative estimate of drug-likeness (QED) is 0.584. The highest BCUT2D eigenvalue weighted by Gasteiger charge is 2.22. The molecule has 0 aliphatic carbocycles. The van der Waals surface area contributed by atoms with Gasteiger partial charge < -0.3 is 10.1 Å². The van der Waals surface area contributed by atoms with Gasteiger partial charge in [-0.3, -0.25) is 9.69 Å². The van der Waals surface area contributed by atoms with Crippen LogP contribution in [-0.2, 0) is 4.79 Å². The second-order valence-corrected chi connectivity index (χ2v) is 8.34. The number of halogens is 2. The molecule has 2 aromatic carbocycles. The minimum absolute atomic E-state index is 0. The zero-order valence-electron chi connectivity index (χ0n) is 16.9. The molecular weight excluding hydrogens is 452 g/mol. The largest absolute Gasteiger partial charge is 0.484 e. The molecule has 1 atom stereocenters. The SMILES string of the molecule is Cc1ccc(C(CNC(=O)COc2ccc(Br)cc2)N2CCCCCC2)cc1.Cl. The lowest BCUT2D eigenvalue weighted by Crippen LogP contribution is -2.40. The highest BCUT2D eigenvalue weighted by molar-refractivity contribution is 9.10. The predicted molar refractivity (Wildman–Crippen MR) is 124 cm³/mol. The van der Waals surface area contributed by atoms with Crippen LogP contribution in [0.4, 0.5) is 0 Å². The first-order chi connectivity index (χ1) is 13.6. The van der Waals surface area contributed by atoms with Gasteiger partial charge >= 0.3 is 0 Å². The maximum Gasteiger partial charge on any atom is 0.258 e. The van der Waals surface area contributed by atoms with Gasteiger partial charge in [0, 0.05) is 11.0 Å². The van der Waals surface area contributed by atoms with Crippen molar-refractivity contribution in [3.05, 3.63) is 64.1 Å². The van der Waals surface area contributed by atoms with Gasteiger partial charge in [0.2, 0.25) is 0 Å². The minimum Gasteiger partial charge on any atom is -0.484 e. The van der Waals surface area contributed by atoms with Gasteiger partial charge in [0.1, 0.15) is 5.75 Å². The van der Waals surface area contributed by atoms with E-state index in [-0.39, 0.29) is 31.0 Å². The summed E-state index contributed by atoms with van der Waals surface area (Å²) in [5.74, 6) is 0.607. The van der Waals surface area contributed by atoms with Gasteiger partial charge in [0.25, 0.3) is 5.91 Å². The zero-order valence-corrected chi connectivity index (χ0v) is 19.3. The molecule has 4 nitrogen and oxygen atoms in total. The summed E-state index contributed by atoms with van der Waals surface area (Å²) in [5.41, 5.74) is 2.52. The van der Waals surface area contributed by atoms with E-state index < -0.39 is 0 Å². The average Bonchev–Trinajstić information content (AvgIpc) is 2.98. The van der Waals surface area contributed by atoms with Crippen molar-refractivity contribution in [2.45, 2.75) is 38.6 Å². The van der Waals surface area contributed by atoms with E-state index in [9.17, 15) is 4.79 Å².